The normalized spacial score (nSPS) is 9.90. The molecule has 0 aliphatic heterocycles. The van der Waals surface area contributed by atoms with Crippen LogP contribution in [0.2, 0.25) is 0 Å². The van der Waals surface area contributed by atoms with Crippen molar-refractivity contribution in [2.45, 2.75) is 11.8 Å². The van der Waals surface area contributed by atoms with Crippen molar-refractivity contribution in [1.29, 1.82) is 0 Å². The van der Waals surface area contributed by atoms with Crippen LogP contribution in [-0.2, 0) is 0 Å². The predicted molar refractivity (Wildman–Crippen MR) is 50.7 cm³/mol. The van der Waals surface area contributed by atoms with Crippen molar-refractivity contribution in [2.75, 3.05) is 6.26 Å². The smallest absolute Gasteiger partial charge is 0.0313 e. The lowest BCUT2D eigenvalue weighted by atomic mass is 10.2. The van der Waals surface area contributed by atoms with E-state index in [0.29, 0.717) is 0 Å². The topological polar surface area (TPSA) is 0 Å². The summed E-state index contributed by atoms with van der Waals surface area (Å²) in [5, 5.41) is 0. The van der Waals surface area contributed by atoms with E-state index >= 15 is 0 Å². The van der Waals surface area contributed by atoms with Crippen LogP contribution in [0.5, 0.6) is 0 Å². The highest BCUT2D eigenvalue weighted by Gasteiger charge is 1.98. The van der Waals surface area contributed by atoms with Gasteiger partial charge in [-0.15, -0.1) is 11.8 Å². The maximum Gasteiger partial charge on any atom is 0.0313 e. The van der Waals surface area contributed by atoms with Gasteiger partial charge in [-0.25, -0.2) is 0 Å². The molecule has 0 N–H and O–H groups in total. The molecule has 1 aromatic carbocycles. The molecule has 1 rings (SSSR count). The summed E-state index contributed by atoms with van der Waals surface area (Å²) in [5.41, 5.74) is 1.34. The summed E-state index contributed by atoms with van der Waals surface area (Å²) < 4.78 is 1.19. The molecule has 0 nitrogen and oxygen atoms in total. The Hall–Kier alpha value is 0.0500. The van der Waals surface area contributed by atoms with Gasteiger partial charge in [0.15, 0.2) is 0 Å². The number of rotatable bonds is 1. The first kappa shape index (κ1) is 8.15. The van der Waals surface area contributed by atoms with Crippen molar-refractivity contribution in [3.05, 3.63) is 28.2 Å². The summed E-state index contributed by atoms with van der Waals surface area (Å²) in [7, 11) is 0. The third kappa shape index (κ3) is 1.55. The molecular formula is C8H9BrS. The molecule has 0 spiro atoms. The molecule has 0 bridgehead atoms. The molecule has 0 saturated carbocycles. The van der Waals surface area contributed by atoms with Gasteiger partial charge in [-0.1, -0.05) is 12.1 Å². The van der Waals surface area contributed by atoms with Crippen LogP contribution in [0.15, 0.2) is 27.6 Å². The average molecular weight is 217 g/mol. The van der Waals surface area contributed by atoms with E-state index in [1.165, 1.54) is 14.9 Å². The lowest BCUT2D eigenvalue weighted by Crippen LogP contribution is -1.78. The second-order valence-corrected chi connectivity index (χ2v) is 3.76. The van der Waals surface area contributed by atoms with Crippen LogP contribution in [0, 0.1) is 6.92 Å². The number of hydrogen-bond donors (Lipinski definition) is 0. The molecule has 0 fully saturated rings. The van der Waals surface area contributed by atoms with Gasteiger partial charge in [0.25, 0.3) is 0 Å². The van der Waals surface area contributed by atoms with Crippen molar-refractivity contribution in [1.82, 2.24) is 0 Å². The van der Waals surface area contributed by atoms with Gasteiger partial charge >= 0.3 is 0 Å². The molecular weight excluding hydrogens is 208 g/mol. The SMILES string of the molecule is CSc1c(C)cccc1Br. The molecule has 0 aromatic heterocycles. The zero-order valence-electron chi connectivity index (χ0n) is 6.02. The molecule has 10 heavy (non-hydrogen) atoms. The summed E-state index contributed by atoms with van der Waals surface area (Å²) in [6, 6.07) is 6.24. The minimum Gasteiger partial charge on any atom is -0.128 e. The van der Waals surface area contributed by atoms with E-state index in [1.54, 1.807) is 11.8 Å². The largest absolute Gasteiger partial charge is 0.128 e. The average Bonchev–Trinajstić information content (AvgIpc) is 1.88. The predicted octanol–water partition coefficient (Wildman–Crippen LogP) is 3.48. The van der Waals surface area contributed by atoms with Gasteiger partial charge in [0, 0.05) is 9.37 Å². The maximum atomic E-state index is 3.49. The second kappa shape index (κ2) is 3.44. The van der Waals surface area contributed by atoms with E-state index < -0.39 is 0 Å². The van der Waals surface area contributed by atoms with Crippen LogP contribution in [0.4, 0.5) is 0 Å². The van der Waals surface area contributed by atoms with E-state index in [0.717, 1.165) is 0 Å². The first-order valence-electron chi connectivity index (χ1n) is 3.05. The second-order valence-electron chi connectivity index (χ2n) is 2.09. The van der Waals surface area contributed by atoms with E-state index in [2.05, 4.69) is 47.3 Å². The maximum absolute atomic E-state index is 3.49. The highest BCUT2D eigenvalue weighted by atomic mass is 79.9. The summed E-state index contributed by atoms with van der Waals surface area (Å²) in [5.74, 6) is 0. The Kier molecular flexibility index (Phi) is 2.81. The fraction of sp³-hybridized carbons (Fsp3) is 0.250. The minimum atomic E-state index is 1.19. The third-order valence-corrected chi connectivity index (χ3v) is 3.24. The van der Waals surface area contributed by atoms with Gasteiger partial charge < -0.3 is 0 Å². The summed E-state index contributed by atoms with van der Waals surface area (Å²) in [4.78, 5) is 1.34. The number of aryl methyl sites for hydroxylation is 1. The molecule has 0 aliphatic carbocycles. The summed E-state index contributed by atoms with van der Waals surface area (Å²) in [6.45, 7) is 2.12. The number of thioether (sulfide) groups is 1. The quantitative estimate of drug-likeness (QED) is 0.649. The van der Waals surface area contributed by atoms with Crippen LogP contribution in [-0.4, -0.2) is 6.26 Å². The lowest BCUT2D eigenvalue weighted by molar-refractivity contribution is 1.28. The first-order chi connectivity index (χ1) is 4.75. The van der Waals surface area contributed by atoms with E-state index in [9.17, 15) is 0 Å². The molecule has 1 aromatic rings. The number of benzene rings is 1. The van der Waals surface area contributed by atoms with Crippen molar-refractivity contribution < 1.29 is 0 Å². The van der Waals surface area contributed by atoms with E-state index in [4.69, 9.17) is 0 Å². The van der Waals surface area contributed by atoms with Crippen molar-refractivity contribution in [3.8, 4) is 0 Å². The van der Waals surface area contributed by atoms with Crippen LogP contribution in [0.1, 0.15) is 5.56 Å². The molecule has 0 amide bonds. The molecule has 54 valence electrons. The standard InChI is InChI=1S/C8H9BrS/c1-6-4-3-5-7(9)8(6)10-2/h3-5H,1-2H3. The fourth-order valence-corrected chi connectivity index (χ4v) is 2.48. The van der Waals surface area contributed by atoms with E-state index in [1.807, 2.05) is 0 Å². The van der Waals surface area contributed by atoms with Gasteiger partial charge in [-0.3, -0.25) is 0 Å². The van der Waals surface area contributed by atoms with Crippen molar-refractivity contribution in [2.24, 2.45) is 0 Å². The molecule has 0 atom stereocenters. The molecule has 0 unspecified atom stereocenters. The van der Waals surface area contributed by atoms with Crippen molar-refractivity contribution >= 4 is 27.7 Å². The summed E-state index contributed by atoms with van der Waals surface area (Å²) in [6.07, 6.45) is 2.09. The highest BCUT2D eigenvalue weighted by Crippen LogP contribution is 2.28. The first-order valence-corrected chi connectivity index (χ1v) is 5.06. The highest BCUT2D eigenvalue weighted by molar-refractivity contribution is 9.10. The monoisotopic (exact) mass is 216 g/mol. The minimum absolute atomic E-state index is 1.19. The Labute approximate surface area is 74.2 Å². The van der Waals surface area contributed by atoms with Gasteiger partial charge in [-0.2, -0.15) is 0 Å². The Morgan fingerprint density at radius 2 is 2.10 bits per heavy atom. The van der Waals surface area contributed by atoms with E-state index in [-0.39, 0.29) is 0 Å². The van der Waals surface area contributed by atoms with Gasteiger partial charge in [0.05, 0.1) is 0 Å². The Bertz CT molecular complexity index is 212. The number of hydrogen-bond acceptors (Lipinski definition) is 1. The molecule has 0 saturated heterocycles. The van der Waals surface area contributed by atoms with Gasteiger partial charge in [-0.05, 0) is 40.7 Å². The fourth-order valence-electron chi connectivity index (χ4n) is 0.875. The van der Waals surface area contributed by atoms with Crippen LogP contribution >= 0.6 is 27.7 Å². The molecule has 0 heterocycles. The molecule has 0 aliphatic rings. The van der Waals surface area contributed by atoms with Gasteiger partial charge in [0.2, 0.25) is 0 Å². The van der Waals surface area contributed by atoms with Crippen LogP contribution in [0.3, 0.4) is 0 Å². The van der Waals surface area contributed by atoms with Crippen LogP contribution in [0.25, 0.3) is 0 Å². The Balaban J connectivity index is 3.17. The molecule has 2 heteroatoms. The molecule has 0 radical (unpaired) electrons. The van der Waals surface area contributed by atoms with Crippen LogP contribution < -0.4 is 0 Å². The Morgan fingerprint density at radius 1 is 1.40 bits per heavy atom. The number of halogens is 1. The third-order valence-electron chi connectivity index (χ3n) is 1.37. The van der Waals surface area contributed by atoms with Gasteiger partial charge in [0.1, 0.15) is 0 Å². The zero-order valence-corrected chi connectivity index (χ0v) is 8.42. The zero-order chi connectivity index (χ0) is 7.56. The Morgan fingerprint density at radius 3 is 2.50 bits per heavy atom. The summed E-state index contributed by atoms with van der Waals surface area (Å²) >= 11 is 5.26. The van der Waals surface area contributed by atoms with Crippen molar-refractivity contribution in [3.63, 3.8) is 0 Å². The lowest BCUT2D eigenvalue weighted by Gasteiger charge is -2.02.